The second kappa shape index (κ2) is 12.0. The molecule has 2 amide bonds. The van der Waals surface area contributed by atoms with Crippen molar-refractivity contribution in [1.82, 2.24) is 14.9 Å². The zero-order chi connectivity index (χ0) is 24.6. The SMILES string of the molecule is CCCCN(C(=O)c1cccc(Cl)c1)c1nc2n(c1C(=O)NCCCc1ccccc1)CCCC2. The van der Waals surface area contributed by atoms with Crippen molar-refractivity contribution in [3.63, 3.8) is 0 Å². The van der Waals surface area contributed by atoms with Gasteiger partial charge in [-0.2, -0.15) is 0 Å². The van der Waals surface area contributed by atoms with Crippen LogP contribution in [0.15, 0.2) is 54.6 Å². The normalized spacial score (nSPS) is 12.7. The van der Waals surface area contributed by atoms with Gasteiger partial charge in [0, 0.05) is 36.6 Å². The molecule has 1 aromatic heterocycles. The zero-order valence-electron chi connectivity index (χ0n) is 20.3. The molecule has 6 nitrogen and oxygen atoms in total. The summed E-state index contributed by atoms with van der Waals surface area (Å²) in [6.07, 6.45) is 6.31. The highest BCUT2D eigenvalue weighted by molar-refractivity contribution is 6.31. The number of anilines is 1. The Labute approximate surface area is 212 Å². The predicted molar refractivity (Wildman–Crippen MR) is 140 cm³/mol. The largest absolute Gasteiger partial charge is 0.351 e. The number of aryl methyl sites for hydroxylation is 2. The summed E-state index contributed by atoms with van der Waals surface area (Å²) >= 11 is 6.17. The molecule has 2 heterocycles. The van der Waals surface area contributed by atoms with Crippen molar-refractivity contribution in [2.45, 2.75) is 58.4 Å². The number of nitrogens with zero attached hydrogens (tertiary/aromatic N) is 3. The minimum absolute atomic E-state index is 0.172. The third-order valence-electron chi connectivity index (χ3n) is 6.35. The molecule has 184 valence electrons. The van der Waals surface area contributed by atoms with Crippen molar-refractivity contribution in [3.8, 4) is 0 Å². The Morgan fingerprint density at radius 3 is 2.69 bits per heavy atom. The highest BCUT2D eigenvalue weighted by Crippen LogP contribution is 2.28. The van der Waals surface area contributed by atoms with E-state index in [1.54, 1.807) is 29.2 Å². The molecular formula is C28H33ClN4O2. The van der Waals surface area contributed by atoms with Gasteiger partial charge in [0.2, 0.25) is 0 Å². The third kappa shape index (κ3) is 6.12. The lowest BCUT2D eigenvalue weighted by atomic mass is 10.1. The molecule has 0 radical (unpaired) electrons. The minimum atomic E-state index is -0.186. The van der Waals surface area contributed by atoms with E-state index in [9.17, 15) is 9.59 Å². The standard InChI is InChI=1S/C28H33ClN4O2/c1-2-3-18-33(28(35)22-14-9-15-23(29)20-22)26-25(32-19-8-7-16-24(32)31-26)27(34)30-17-10-13-21-11-5-4-6-12-21/h4-6,9,11-12,14-15,20H,2-3,7-8,10,13,16-19H2,1H3,(H,30,34). The first-order chi connectivity index (χ1) is 17.1. The van der Waals surface area contributed by atoms with Gasteiger partial charge in [-0.1, -0.05) is 61.3 Å². The van der Waals surface area contributed by atoms with Crippen LogP contribution in [-0.4, -0.2) is 34.5 Å². The van der Waals surface area contributed by atoms with Gasteiger partial charge in [-0.3, -0.25) is 14.5 Å². The van der Waals surface area contributed by atoms with Gasteiger partial charge in [-0.25, -0.2) is 4.98 Å². The van der Waals surface area contributed by atoms with Crippen LogP contribution in [0.2, 0.25) is 5.02 Å². The average molecular weight is 493 g/mol. The molecule has 0 atom stereocenters. The lowest BCUT2D eigenvalue weighted by Gasteiger charge is -2.22. The molecule has 7 heteroatoms. The second-order valence-electron chi connectivity index (χ2n) is 8.97. The number of hydrogen-bond acceptors (Lipinski definition) is 3. The van der Waals surface area contributed by atoms with Crippen molar-refractivity contribution in [2.24, 2.45) is 0 Å². The van der Waals surface area contributed by atoms with Crippen molar-refractivity contribution in [3.05, 3.63) is 82.3 Å². The number of benzene rings is 2. The molecule has 3 aromatic rings. The van der Waals surface area contributed by atoms with E-state index >= 15 is 0 Å². The van der Waals surface area contributed by atoms with Gasteiger partial charge >= 0.3 is 0 Å². The summed E-state index contributed by atoms with van der Waals surface area (Å²) in [7, 11) is 0. The predicted octanol–water partition coefficient (Wildman–Crippen LogP) is 5.68. The molecule has 1 aliphatic rings. The first-order valence-electron chi connectivity index (χ1n) is 12.6. The van der Waals surface area contributed by atoms with Crippen molar-refractivity contribution >= 4 is 29.2 Å². The minimum Gasteiger partial charge on any atom is -0.351 e. The van der Waals surface area contributed by atoms with E-state index in [4.69, 9.17) is 16.6 Å². The maximum atomic E-state index is 13.6. The molecule has 1 N–H and O–H groups in total. The van der Waals surface area contributed by atoms with Crippen LogP contribution in [0, 0.1) is 0 Å². The molecule has 0 bridgehead atoms. The van der Waals surface area contributed by atoms with Gasteiger partial charge in [-0.05, 0) is 55.9 Å². The molecule has 2 aromatic carbocycles. The number of aromatic nitrogens is 2. The molecule has 0 fully saturated rings. The fourth-order valence-electron chi connectivity index (χ4n) is 4.50. The van der Waals surface area contributed by atoms with Crippen LogP contribution in [0.25, 0.3) is 0 Å². The van der Waals surface area contributed by atoms with Gasteiger partial charge in [0.1, 0.15) is 5.82 Å². The number of carbonyl (C=O) groups is 2. The quantitative estimate of drug-likeness (QED) is 0.370. The maximum absolute atomic E-state index is 13.6. The van der Waals surface area contributed by atoms with Crippen LogP contribution in [0.3, 0.4) is 0 Å². The Kier molecular flexibility index (Phi) is 8.59. The van der Waals surface area contributed by atoms with Crippen molar-refractivity contribution in [1.29, 1.82) is 0 Å². The number of hydrogen-bond donors (Lipinski definition) is 1. The van der Waals surface area contributed by atoms with E-state index in [0.717, 1.165) is 57.3 Å². The number of rotatable bonds is 10. The first kappa shape index (κ1) is 25.0. The van der Waals surface area contributed by atoms with E-state index in [-0.39, 0.29) is 11.8 Å². The van der Waals surface area contributed by atoms with E-state index in [2.05, 4.69) is 24.4 Å². The molecule has 0 saturated heterocycles. The maximum Gasteiger partial charge on any atom is 0.271 e. The average Bonchev–Trinajstić information content (AvgIpc) is 3.26. The van der Waals surface area contributed by atoms with E-state index in [0.29, 0.717) is 35.2 Å². The number of nitrogens with one attached hydrogen (secondary N) is 1. The second-order valence-corrected chi connectivity index (χ2v) is 9.41. The summed E-state index contributed by atoms with van der Waals surface area (Å²) in [5.74, 6) is 0.977. The monoisotopic (exact) mass is 492 g/mol. The van der Waals surface area contributed by atoms with E-state index in [1.165, 1.54) is 5.56 Å². The van der Waals surface area contributed by atoms with Gasteiger partial charge in [0.15, 0.2) is 11.5 Å². The Bertz CT molecular complexity index is 1160. The molecule has 0 unspecified atom stereocenters. The van der Waals surface area contributed by atoms with Crippen LogP contribution >= 0.6 is 11.6 Å². The van der Waals surface area contributed by atoms with Gasteiger partial charge in [0.25, 0.3) is 11.8 Å². The van der Waals surface area contributed by atoms with Crippen molar-refractivity contribution in [2.75, 3.05) is 18.0 Å². The van der Waals surface area contributed by atoms with Crippen LogP contribution in [0.5, 0.6) is 0 Å². The molecule has 0 aliphatic carbocycles. The van der Waals surface area contributed by atoms with E-state index in [1.807, 2.05) is 22.8 Å². The lowest BCUT2D eigenvalue weighted by Crippen LogP contribution is -2.36. The Balaban J connectivity index is 1.59. The van der Waals surface area contributed by atoms with Gasteiger partial charge in [0.05, 0.1) is 0 Å². The van der Waals surface area contributed by atoms with Crippen LogP contribution < -0.4 is 10.2 Å². The molecule has 0 saturated carbocycles. The summed E-state index contributed by atoms with van der Waals surface area (Å²) in [6, 6.07) is 17.2. The Morgan fingerprint density at radius 2 is 1.91 bits per heavy atom. The number of fused-ring (bicyclic) bond motifs is 1. The molecular weight excluding hydrogens is 460 g/mol. The molecule has 35 heavy (non-hydrogen) atoms. The number of halogens is 1. The molecule has 4 rings (SSSR count). The number of carbonyl (C=O) groups excluding carboxylic acids is 2. The van der Waals surface area contributed by atoms with Gasteiger partial charge in [-0.15, -0.1) is 0 Å². The van der Waals surface area contributed by atoms with Gasteiger partial charge < -0.3 is 9.88 Å². The summed E-state index contributed by atoms with van der Waals surface area (Å²) in [4.78, 5) is 33.6. The fraction of sp³-hybridized carbons (Fsp3) is 0.393. The number of imidazole rings is 1. The van der Waals surface area contributed by atoms with Crippen LogP contribution in [0.4, 0.5) is 5.82 Å². The van der Waals surface area contributed by atoms with Crippen LogP contribution in [0.1, 0.15) is 71.3 Å². The molecule has 0 spiro atoms. The fourth-order valence-corrected chi connectivity index (χ4v) is 4.69. The number of amides is 2. The summed E-state index contributed by atoms with van der Waals surface area (Å²) < 4.78 is 2.01. The third-order valence-corrected chi connectivity index (χ3v) is 6.59. The highest BCUT2D eigenvalue weighted by Gasteiger charge is 2.31. The Hall–Kier alpha value is -3.12. The Morgan fingerprint density at radius 1 is 1.09 bits per heavy atom. The van der Waals surface area contributed by atoms with Crippen molar-refractivity contribution < 1.29 is 9.59 Å². The summed E-state index contributed by atoms with van der Waals surface area (Å²) in [5, 5.41) is 3.59. The first-order valence-corrected chi connectivity index (χ1v) is 12.9. The topological polar surface area (TPSA) is 67.2 Å². The summed E-state index contributed by atoms with van der Waals surface area (Å²) in [6.45, 7) is 3.88. The van der Waals surface area contributed by atoms with E-state index < -0.39 is 0 Å². The lowest BCUT2D eigenvalue weighted by molar-refractivity contribution is 0.0943. The smallest absolute Gasteiger partial charge is 0.271 e. The highest BCUT2D eigenvalue weighted by atomic mass is 35.5. The van der Waals surface area contributed by atoms with Crippen LogP contribution in [-0.2, 0) is 19.4 Å². The number of unbranched alkanes of at least 4 members (excludes halogenated alkanes) is 1. The summed E-state index contributed by atoms with van der Waals surface area (Å²) in [5.41, 5.74) is 2.24. The zero-order valence-corrected chi connectivity index (χ0v) is 21.1. The molecule has 1 aliphatic heterocycles.